The quantitative estimate of drug-likeness (QED) is 0.793. The van der Waals surface area contributed by atoms with Gasteiger partial charge in [0.1, 0.15) is 5.75 Å². The summed E-state index contributed by atoms with van der Waals surface area (Å²) in [7, 11) is 1.63. The van der Waals surface area contributed by atoms with E-state index in [0.29, 0.717) is 5.75 Å². The fourth-order valence-electron chi connectivity index (χ4n) is 2.70. The Labute approximate surface area is 130 Å². The smallest absolute Gasteiger partial charge is 0.230 e. The minimum absolute atomic E-state index is 0.00762. The molecule has 1 aromatic carbocycles. The van der Waals surface area contributed by atoms with Gasteiger partial charge in [0.25, 0.3) is 0 Å². The highest BCUT2D eigenvalue weighted by Crippen LogP contribution is 2.28. The molecule has 116 valence electrons. The molecule has 0 aromatic heterocycles. The van der Waals surface area contributed by atoms with Crippen LogP contribution in [0.4, 0.5) is 0 Å². The largest absolute Gasteiger partial charge is 0.497 e. The van der Waals surface area contributed by atoms with E-state index in [1.807, 2.05) is 24.3 Å². The van der Waals surface area contributed by atoms with Crippen LogP contribution in [0.3, 0.4) is 0 Å². The fourth-order valence-corrected chi connectivity index (χ4v) is 3.40. The predicted octanol–water partition coefficient (Wildman–Crippen LogP) is 2.60. The lowest BCUT2D eigenvalue weighted by Gasteiger charge is -2.36. The Hall–Kier alpha value is -1.20. The van der Waals surface area contributed by atoms with Crippen molar-refractivity contribution >= 4 is 17.7 Å². The predicted molar refractivity (Wildman–Crippen MR) is 84.8 cm³/mol. The number of ether oxygens (including phenoxy) is 1. The number of thioether (sulfide) groups is 1. The van der Waals surface area contributed by atoms with Crippen LogP contribution in [-0.4, -0.2) is 36.0 Å². The maximum atomic E-state index is 12.1. The van der Waals surface area contributed by atoms with Crippen molar-refractivity contribution in [3.63, 3.8) is 0 Å². The van der Waals surface area contributed by atoms with Gasteiger partial charge in [0.2, 0.25) is 5.91 Å². The Morgan fingerprint density at radius 1 is 1.29 bits per heavy atom. The van der Waals surface area contributed by atoms with Gasteiger partial charge in [0, 0.05) is 4.90 Å². The first-order valence-corrected chi connectivity index (χ1v) is 8.35. The Morgan fingerprint density at radius 2 is 1.95 bits per heavy atom. The molecule has 21 heavy (non-hydrogen) atoms. The molecule has 1 aliphatic rings. The molecule has 1 fully saturated rings. The van der Waals surface area contributed by atoms with Crippen LogP contribution in [0.25, 0.3) is 0 Å². The van der Waals surface area contributed by atoms with Gasteiger partial charge < -0.3 is 15.2 Å². The topological polar surface area (TPSA) is 58.6 Å². The lowest BCUT2D eigenvalue weighted by atomic mass is 9.82. The van der Waals surface area contributed by atoms with Crippen molar-refractivity contribution in [2.75, 3.05) is 19.5 Å². The number of rotatable bonds is 6. The third-order valence-electron chi connectivity index (χ3n) is 3.95. The fraction of sp³-hybridized carbons (Fsp3) is 0.562. The molecule has 0 atom stereocenters. The summed E-state index contributed by atoms with van der Waals surface area (Å²) in [4.78, 5) is 13.1. The highest BCUT2D eigenvalue weighted by Gasteiger charge is 2.32. The summed E-state index contributed by atoms with van der Waals surface area (Å²) in [6.07, 6.45) is 5.10. The van der Waals surface area contributed by atoms with Crippen molar-refractivity contribution in [3.8, 4) is 5.75 Å². The first-order chi connectivity index (χ1) is 10.2. The number of aliphatic hydroxyl groups excluding tert-OH is 1. The summed E-state index contributed by atoms with van der Waals surface area (Å²) in [6, 6.07) is 7.66. The van der Waals surface area contributed by atoms with Gasteiger partial charge in [0.05, 0.1) is 25.0 Å². The standard InChI is InChI=1S/C16H23NO3S/c1-20-13-5-7-14(8-6-13)21-11-15(19)17-16(12-18)9-3-2-4-10-16/h5-8,18H,2-4,9-12H2,1H3,(H,17,19). The lowest BCUT2D eigenvalue weighted by Crippen LogP contribution is -2.53. The molecule has 0 saturated heterocycles. The maximum absolute atomic E-state index is 12.1. The van der Waals surface area contributed by atoms with Crippen molar-refractivity contribution in [3.05, 3.63) is 24.3 Å². The van der Waals surface area contributed by atoms with Crippen LogP contribution in [0.5, 0.6) is 5.75 Å². The Kier molecular flexibility index (Phi) is 5.94. The van der Waals surface area contributed by atoms with E-state index in [9.17, 15) is 9.90 Å². The molecule has 2 N–H and O–H groups in total. The van der Waals surface area contributed by atoms with E-state index in [2.05, 4.69) is 5.32 Å². The molecule has 0 unspecified atom stereocenters. The first-order valence-electron chi connectivity index (χ1n) is 7.36. The Morgan fingerprint density at radius 3 is 2.52 bits per heavy atom. The minimum Gasteiger partial charge on any atom is -0.497 e. The van der Waals surface area contributed by atoms with Gasteiger partial charge in [-0.05, 0) is 37.1 Å². The summed E-state index contributed by atoms with van der Waals surface area (Å²) >= 11 is 1.50. The van der Waals surface area contributed by atoms with Crippen molar-refractivity contribution in [1.29, 1.82) is 0 Å². The average molecular weight is 309 g/mol. The number of hydrogen-bond acceptors (Lipinski definition) is 4. The van der Waals surface area contributed by atoms with E-state index >= 15 is 0 Å². The summed E-state index contributed by atoms with van der Waals surface area (Å²) in [5.74, 6) is 1.17. The zero-order valence-electron chi connectivity index (χ0n) is 12.4. The molecule has 0 radical (unpaired) electrons. The minimum atomic E-state index is -0.393. The van der Waals surface area contributed by atoms with Crippen LogP contribution in [0.1, 0.15) is 32.1 Å². The normalized spacial score (nSPS) is 17.2. The third-order valence-corrected chi connectivity index (χ3v) is 4.96. The molecule has 1 aliphatic carbocycles. The van der Waals surface area contributed by atoms with E-state index in [0.717, 1.165) is 36.3 Å². The second-order valence-corrected chi connectivity index (χ2v) is 6.56. The molecule has 0 aliphatic heterocycles. The Balaban J connectivity index is 1.83. The number of methoxy groups -OCH3 is 1. The molecule has 0 heterocycles. The first kappa shape index (κ1) is 16.2. The second-order valence-electron chi connectivity index (χ2n) is 5.51. The monoisotopic (exact) mass is 309 g/mol. The number of nitrogens with one attached hydrogen (secondary N) is 1. The molecular weight excluding hydrogens is 286 g/mol. The summed E-state index contributed by atoms with van der Waals surface area (Å²) in [5.41, 5.74) is -0.393. The Bertz CT molecular complexity index is 455. The molecule has 1 amide bonds. The summed E-state index contributed by atoms with van der Waals surface area (Å²) in [6.45, 7) is 0.0337. The van der Waals surface area contributed by atoms with Crippen LogP contribution in [0, 0.1) is 0 Å². The number of hydrogen-bond donors (Lipinski definition) is 2. The van der Waals surface area contributed by atoms with E-state index in [-0.39, 0.29) is 12.5 Å². The van der Waals surface area contributed by atoms with Crippen molar-refractivity contribution in [1.82, 2.24) is 5.32 Å². The molecule has 4 nitrogen and oxygen atoms in total. The zero-order chi connectivity index (χ0) is 15.1. The molecule has 2 rings (SSSR count). The van der Waals surface area contributed by atoms with Crippen molar-refractivity contribution < 1.29 is 14.6 Å². The number of benzene rings is 1. The number of aliphatic hydroxyl groups is 1. The maximum Gasteiger partial charge on any atom is 0.230 e. The SMILES string of the molecule is COc1ccc(SCC(=O)NC2(CO)CCCCC2)cc1. The lowest BCUT2D eigenvalue weighted by molar-refractivity contribution is -0.121. The number of amides is 1. The van der Waals surface area contributed by atoms with Crippen LogP contribution in [0.15, 0.2) is 29.2 Å². The van der Waals surface area contributed by atoms with Gasteiger partial charge in [-0.25, -0.2) is 0 Å². The second kappa shape index (κ2) is 7.71. The van der Waals surface area contributed by atoms with E-state index in [1.54, 1.807) is 7.11 Å². The van der Waals surface area contributed by atoms with E-state index in [4.69, 9.17) is 4.74 Å². The van der Waals surface area contributed by atoms with Gasteiger partial charge in [-0.3, -0.25) is 4.79 Å². The number of carbonyl (C=O) groups is 1. The number of carbonyl (C=O) groups excluding carboxylic acids is 1. The highest BCUT2D eigenvalue weighted by atomic mass is 32.2. The van der Waals surface area contributed by atoms with Crippen LogP contribution < -0.4 is 10.1 Å². The van der Waals surface area contributed by atoms with Crippen LogP contribution >= 0.6 is 11.8 Å². The van der Waals surface area contributed by atoms with Gasteiger partial charge in [-0.1, -0.05) is 19.3 Å². The summed E-state index contributed by atoms with van der Waals surface area (Å²) < 4.78 is 5.11. The van der Waals surface area contributed by atoms with Crippen molar-refractivity contribution in [2.45, 2.75) is 42.5 Å². The van der Waals surface area contributed by atoms with Gasteiger partial charge in [-0.2, -0.15) is 0 Å². The molecule has 0 bridgehead atoms. The molecule has 1 saturated carbocycles. The highest BCUT2D eigenvalue weighted by molar-refractivity contribution is 8.00. The van der Waals surface area contributed by atoms with Gasteiger partial charge in [0.15, 0.2) is 0 Å². The van der Waals surface area contributed by atoms with E-state index < -0.39 is 5.54 Å². The van der Waals surface area contributed by atoms with Gasteiger partial charge in [-0.15, -0.1) is 11.8 Å². The van der Waals surface area contributed by atoms with Crippen molar-refractivity contribution in [2.24, 2.45) is 0 Å². The average Bonchev–Trinajstić information content (AvgIpc) is 2.54. The van der Waals surface area contributed by atoms with Crippen LogP contribution in [-0.2, 0) is 4.79 Å². The van der Waals surface area contributed by atoms with Gasteiger partial charge >= 0.3 is 0 Å². The zero-order valence-corrected chi connectivity index (χ0v) is 13.2. The molecular formula is C16H23NO3S. The third kappa shape index (κ3) is 4.64. The summed E-state index contributed by atoms with van der Waals surface area (Å²) in [5, 5.41) is 12.6. The molecule has 1 aromatic rings. The molecule has 5 heteroatoms. The van der Waals surface area contributed by atoms with Crippen LogP contribution in [0.2, 0.25) is 0 Å². The molecule has 0 spiro atoms. The van der Waals surface area contributed by atoms with E-state index in [1.165, 1.54) is 18.2 Å².